The van der Waals surface area contributed by atoms with Gasteiger partial charge in [-0.2, -0.15) is 0 Å². The Balaban J connectivity index is 2.03. The fourth-order valence-corrected chi connectivity index (χ4v) is 3.56. The number of fused-ring (bicyclic) bond motifs is 3. The number of halogens is 2. The minimum atomic E-state index is -0.559. The third kappa shape index (κ3) is 3.01. The van der Waals surface area contributed by atoms with Crippen LogP contribution in [0, 0.1) is 17.7 Å². The first-order valence-corrected chi connectivity index (χ1v) is 8.67. The number of ether oxygens (including phenoxy) is 1. The average Bonchev–Trinajstić information content (AvgIpc) is 2.98. The van der Waals surface area contributed by atoms with Crippen molar-refractivity contribution in [1.82, 2.24) is 4.57 Å². The van der Waals surface area contributed by atoms with Gasteiger partial charge in [-0.25, -0.2) is 8.78 Å². The van der Waals surface area contributed by atoms with Crippen LogP contribution in [-0.4, -0.2) is 17.6 Å². The Labute approximate surface area is 160 Å². The predicted molar refractivity (Wildman–Crippen MR) is 103 cm³/mol. The molecule has 0 saturated heterocycles. The fourth-order valence-electron chi connectivity index (χ4n) is 3.56. The molecule has 1 radical (unpaired) electrons. The van der Waals surface area contributed by atoms with Gasteiger partial charge in [-0.3, -0.25) is 4.79 Å². The normalized spacial score (nSPS) is 11.4. The summed E-state index contributed by atoms with van der Waals surface area (Å²) in [4.78, 5) is 12.0. The molecule has 4 rings (SSSR count). The van der Waals surface area contributed by atoms with Crippen LogP contribution in [0.1, 0.15) is 21.5 Å². The summed E-state index contributed by atoms with van der Waals surface area (Å²) < 4.78 is 35.0. The monoisotopic (exact) mass is 379 g/mol. The Morgan fingerprint density at radius 1 is 1.18 bits per heavy atom. The van der Waals surface area contributed by atoms with Crippen LogP contribution in [0.5, 0.6) is 0 Å². The lowest BCUT2D eigenvalue weighted by Gasteiger charge is -2.10. The van der Waals surface area contributed by atoms with E-state index in [1.165, 1.54) is 6.07 Å². The number of rotatable bonds is 5. The SMILES string of the molecule is COCc1c[c]c2c3c(C(N)=O)cccc3n(Cc3cc(F)ccc3F)c2c1. The van der Waals surface area contributed by atoms with E-state index in [4.69, 9.17) is 10.5 Å². The van der Waals surface area contributed by atoms with Gasteiger partial charge in [0.15, 0.2) is 0 Å². The van der Waals surface area contributed by atoms with Crippen LogP contribution in [0.4, 0.5) is 8.78 Å². The van der Waals surface area contributed by atoms with E-state index in [1.54, 1.807) is 25.3 Å². The molecule has 0 bridgehead atoms. The maximum Gasteiger partial charge on any atom is 0.249 e. The molecule has 0 aliphatic carbocycles. The predicted octanol–water partition coefficient (Wildman–Crippen LogP) is 4.17. The highest BCUT2D eigenvalue weighted by atomic mass is 19.1. The van der Waals surface area contributed by atoms with Crippen LogP contribution in [0.3, 0.4) is 0 Å². The zero-order valence-electron chi connectivity index (χ0n) is 15.1. The average molecular weight is 379 g/mol. The second kappa shape index (κ2) is 7.05. The molecular weight excluding hydrogens is 362 g/mol. The Hall–Kier alpha value is -3.25. The molecule has 0 aliphatic heterocycles. The van der Waals surface area contributed by atoms with Crippen LogP contribution < -0.4 is 5.73 Å². The molecule has 28 heavy (non-hydrogen) atoms. The highest BCUT2D eigenvalue weighted by molar-refractivity contribution is 6.17. The molecule has 4 aromatic rings. The standard InChI is InChI=1S/C22H17F2N2O2/c1-28-12-13-5-7-16-20(9-13)26(11-14-10-15(23)6-8-18(14)24)19-4-2-3-17(21(16)19)22(25)27/h2-6,8-10H,11-12H2,1H3,(H2,25,27). The minimum absolute atomic E-state index is 0.0933. The molecule has 141 valence electrons. The molecule has 0 atom stereocenters. The van der Waals surface area contributed by atoms with E-state index in [0.717, 1.165) is 23.2 Å². The van der Waals surface area contributed by atoms with Crippen LogP contribution in [0.2, 0.25) is 0 Å². The summed E-state index contributed by atoms with van der Waals surface area (Å²) in [6, 6.07) is 15.4. The van der Waals surface area contributed by atoms with E-state index in [-0.39, 0.29) is 12.1 Å². The van der Waals surface area contributed by atoms with Gasteiger partial charge in [0, 0.05) is 29.0 Å². The lowest BCUT2D eigenvalue weighted by atomic mass is 10.0. The first-order valence-electron chi connectivity index (χ1n) is 8.67. The van der Waals surface area contributed by atoms with E-state index in [0.29, 0.717) is 28.5 Å². The van der Waals surface area contributed by atoms with E-state index < -0.39 is 17.5 Å². The first-order chi connectivity index (χ1) is 13.5. The van der Waals surface area contributed by atoms with Crippen molar-refractivity contribution in [2.24, 2.45) is 5.73 Å². The van der Waals surface area contributed by atoms with Crippen LogP contribution in [-0.2, 0) is 17.9 Å². The second-order valence-electron chi connectivity index (χ2n) is 6.59. The van der Waals surface area contributed by atoms with Crippen molar-refractivity contribution in [1.29, 1.82) is 0 Å². The summed E-state index contributed by atoms with van der Waals surface area (Å²) in [5.41, 5.74) is 8.44. The Kier molecular flexibility index (Phi) is 4.57. The third-order valence-corrected chi connectivity index (χ3v) is 4.77. The third-order valence-electron chi connectivity index (χ3n) is 4.77. The molecule has 6 heteroatoms. The fraction of sp³-hybridized carbons (Fsp3) is 0.136. The van der Waals surface area contributed by atoms with Gasteiger partial charge in [0.05, 0.1) is 24.2 Å². The van der Waals surface area contributed by atoms with E-state index in [1.807, 2.05) is 16.7 Å². The molecule has 4 nitrogen and oxygen atoms in total. The van der Waals surface area contributed by atoms with Gasteiger partial charge in [0.25, 0.3) is 0 Å². The number of carbonyl (C=O) groups is 1. The lowest BCUT2D eigenvalue weighted by molar-refractivity contribution is 0.100. The Morgan fingerprint density at radius 3 is 2.75 bits per heavy atom. The lowest BCUT2D eigenvalue weighted by Crippen LogP contribution is -2.11. The second-order valence-corrected chi connectivity index (χ2v) is 6.59. The highest BCUT2D eigenvalue weighted by Crippen LogP contribution is 2.33. The quantitative estimate of drug-likeness (QED) is 0.566. The molecule has 2 N–H and O–H groups in total. The molecule has 0 unspecified atom stereocenters. The topological polar surface area (TPSA) is 57.2 Å². The molecule has 1 aromatic heterocycles. The number of methoxy groups -OCH3 is 1. The summed E-state index contributed by atoms with van der Waals surface area (Å²) in [5, 5.41) is 1.34. The number of carbonyl (C=O) groups excluding carboxylic acids is 1. The summed E-state index contributed by atoms with van der Waals surface area (Å²) >= 11 is 0. The number of benzene rings is 3. The number of amides is 1. The summed E-state index contributed by atoms with van der Waals surface area (Å²) in [6.45, 7) is 0.473. The highest BCUT2D eigenvalue weighted by Gasteiger charge is 2.18. The Morgan fingerprint density at radius 2 is 2.00 bits per heavy atom. The van der Waals surface area contributed by atoms with Gasteiger partial charge in [0.1, 0.15) is 11.6 Å². The molecule has 0 saturated carbocycles. The van der Waals surface area contributed by atoms with Crippen molar-refractivity contribution in [3.05, 3.63) is 82.9 Å². The van der Waals surface area contributed by atoms with Crippen molar-refractivity contribution in [3.63, 3.8) is 0 Å². The van der Waals surface area contributed by atoms with Crippen molar-refractivity contribution < 1.29 is 18.3 Å². The molecular formula is C22H17F2N2O2. The number of aromatic nitrogens is 1. The van der Waals surface area contributed by atoms with Crippen molar-refractivity contribution in [3.8, 4) is 0 Å². The van der Waals surface area contributed by atoms with E-state index in [9.17, 15) is 13.6 Å². The molecule has 1 heterocycles. The van der Waals surface area contributed by atoms with Gasteiger partial charge in [-0.1, -0.05) is 6.07 Å². The maximum absolute atomic E-state index is 14.3. The first kappa shape index (κ1) is 18.1. The van der Waals surface area contributed by atoms with Crippen molar-refractivity contribution in [2.75, 3.05) is 7.11 Å². The zero-order valence-corrected chi connectivity index (χ0v) is 15.1. The molecule has 1 amide bonds. The summed E-state index contributed by atoms with van der Waals surface area (Å²) in [6.07, 6.45) is 0. The minimum Gasteiger partial charge on any atom is -0.380 e. The van der Waals surface area contributed by atoms with Gasteiger partial charge in [-0.15, -0.1) is 0 Å². The number of hydrogen-bond donors (Lipinski definition) is 1. The van der Waals surface area contributed by atoms with E-state index in [2.05, 4.69) is 6.07 Å². The number of nitrogens with zero attached hydrogens (tertiary/aromatic N) is 1. The van der Waals surface area contributed by atoms with Gasteiger partial charge in [0.2, 0.25) is 5.91 Å². The number of nitrogens with two attached hydrogens (primary N) is 1. The zero-order chi connectivity index (χ0) is 19.8. The maximum atomic E-state index is 14.3. The van der Waals surface area contributed by atoms with Crippen molar-refractivity contribution >= 4 is 27.7 Å². The van der Waals surface area contributed by atoms with Crippen LogP contribution in [0.15, 0.2) is 48.5 Å². The van der Waals surface area contributed by atoms with Gasteiger partial charge >= 0.3 is 0 Å². The Bertz CT molecular complexity index is 1210. The van der Waals surface area contributed by atoms with Gasteiger partial charge < -0.3 is 15.0 Å². The smallest absolute Gasteiger partial charge is 0.249 e. The number of hydrogen-bond acceptors (Lipinski definition) is 2. The van der Waals surface area contributed by atoms with Gasteiger partial charge in [-0.05, 0) is 54.1 Å². The van der Waals surface area contributed by atoms with Crippen molar-refractivity contribution in [2.45, 2.75) is 13.2 Å². The number of primary amides is 1. The molecule has 3 aromatic carbocycles. The van der Waals surface area contributed by atoms with Crippen LogP contribution >= 0.6 is 0 Å². The molecule has 0 aliphatic rings. The molecule has 0 spiro atoms. The molecule has 0 fully saturated rings. The largest absolute Gasteiger partial charge is 0.380 e. The summed E-state index contributed by atoms with van der Waals surface area (Å²) in [5.74, 6) is -1.57. The summed E-state index contributed by atoms with van der Waals surface area (Å²) in [7, 11) is 1.59. The van der Waals surface area contributed by atoms with Crippen LogP contribution in [0.25, 0.3) is 21.8 Å². The van der Waals surface area contributed by atoms with E-state index >= 15 is 0 Å².